The van der Waals surface area contributed by atoms with E-state index in [4.69, 9.17) is 33.8 Å². The van der Waals surface area contributed by atoms with Crippen LogP contribution in [0.15, 0.2) is 157 Å². The molecule has 6 rings (SSSR count). The maximum absolute atomic E-state index is 9.43. The summed E-state index contributed by atoms with van der Waals surface area (Å²) in [6.45, 7) is 0. The monoisotopic (exact) mass is 1910 g/mol. The summed E-state index contributed by atoms with van der Waals surface area (Å²) in [4.78, 5) is 65.2. The first-order chi connectivity index (χ1) is 34.9. The minimum absolute atomic E-state index is 0. The number of nitrogen functional groups attached to an aromatic ring is 4. The number of allylic oxidation sites excluding steroid dienone is 10. The molecule has 6 amide bonds. The van der Waals surface area contributed by atoms with Gasteiger partial charge in [-0.1, -0.05) is 48.5 Å². The Morgan fingerprint density at radius 3 is 0.434 bits per heavy atom. The van der Waals surface area contributed by atoms with E-state index in [-0.39, 0.29) is 230 Å². The van der Waals surface area contributed by atoms with Gasteiger partial charge < -0.3 is 156 Å². The van der Waals surface area contributed by atoms with E-state index in [2.05, 4.69) is 0 Å². The molecular weight excluding hydrogens is 1820 g/mol. The molecule has 584 valence electrons. The van der Waals surface area contributed by atoms with Gasteiger partial charge in [0.05, 0.1) is 0 Å². The van der Waals surface area contributed by atoms with Gasteiger partial charge in [-0.15, -0.1) is 0 Å². The Kier molecular flexibility index (Phi) is 197. The third-order valence-corrected chi connectivity index (χ3v) is 8.46. The Morgan fingerprint density at radius 1 is 0.242 bits per heavy atom. The number of amides is 6. The van der Waals surface area contributed by atoms with Crippen molar-refractivity contribution in [3.8, 4) is 0 Å². The predicted octanol–water partition coefficient (Wildman–Crippen LogP) is -0.0878. The smallest absolute Gasteiger partial charge is 0.209 e. The number of carbonyl (C=O) groups is 6. The largest absolute Gasteiger partial charge is 2.00 e. The van der Waals surface area contributed by atoms with Crippen molar-refractivity contribution in [1.29, 1.82) is 0 Å². The second-order valence-electron chi connectivity index (χ2n) is 16.9. The van der Waals surface area contributed by atoms with Crippen molar-refractivity contribution >= 4 is 83.8 Å². The van der Waals surface area contributed by atoms with Gasteiger partial charge in [-0.3, -0.25) is 39.6 Å². The fourth-order valence-electron chi connectivity index (χ4n) is 4.90. The molecule has 0 saturated carbocycles. The third-order valence-electron chi connectivity index (χ3n) is 8.46. The van der Waals surface area contributed by atoms with E-state index < -0.39 is 0 Å². The van der Waals surface area contributed by atoms with Crippen molar-refractivity contribution < 1.29 is 270 Å². The van der Waals surface area contributed by atoms with Crippen molar-refractivity contribution in [2.75, 3.05) is 108 Å². The van der Waals surface area contributed by atoms with Crippen LogP contribution in [0.4, 0.5) is 22.7 Å². The molecule has 0 unspecified atom stereocenters. The summed E-state index contributed by atoms with van der Waals surface area (Å²) in [5.74, 6) is 0. The van der Waals surface area contributed by atoms with Crippen molar-refractivity contribution in [1.82, 2.24) is 29.4 Å². The van der Waals surface area contributed by atoms with E-state index in [0.29, 0.717) is 0 Å². The second-order valence-corrected chi connectivity index (χ2v) is 16.9. The molecule has 99 heavy (non-hydrogen) atoms. The Balaban J connectivity index is -0.0000000253. The number of hydrogen-bond acceptors (Lipinski definition) is 10. The van der Waals surface area contributed by atoms with Crippen LogP contribution in [-0.2, 0) is 259 Å². The zero-order chi connectivity index (χ0) is 56.8. The van der Waals surface area contributed by atoms with Gasteiger partial charge in [0.25, 0.3) is 0 Å². The van der Waals surface area contributed by atoms with E-state index in [1.807, 2.05) is 146 Å². The summed E-state index contributed by atoms with van der Waals surface area (Å²) >= 11 is 0. The number of anilines is 4. The molecule has 0 fully saturated rings. The molecule has 0 atom stereocenters. The molecule has 0 aromatic heterocycles. The molecule has 0 radical (unpaired) electrons. The average Bonchev–Trinajstić information content (AvgIpc) is 3.38. The molecule has 0 heterocycles. The molecule has 12 N–H and O–H groups in total. The standard InChI is InChI=1S/2C19H17N3.6C3H7NO.6Mo.19O/c2*20-16-7-1-13(2-8-16)19(14-3-9-17(21)10-4-14)15-5-11-18(22)12-6-15;6*1-4(2)3-5;;;;;;;;;;;;;;;;;;;;;;;;;/h2*1-12,20H,21-22H2;6*3H,1-2H3;;;;;;;;;;;;;;;;;;;;;;;;;/q;;;;;;;;;;;;;;19*-2/p+2. The molecule has 0 aliphatic heterocycles. The molecule has 2 aliphatic rings. The fraction of sp³-hybridized carbons (Fsp3) is 0.214. The van der Waals surface area contributed by atoms with Crippen LogP contribution in [-0.4, -0.2) is 164 Å². The minimum Gasteiger partial charge on any atom is -2.00 e. The minimum atomic E-state index is 0. The summed E-state index contributed by atoms with van der Waals surface area (Å²) in [5, 5.41) is 11.6. The van der Waals surface area contributed by atoms with Crippen molar-refractivity contribution in [3.63, 3.8) is 0 Å². The zero-order valence-corrected chi connectivity index (χ0v) is 67.2. The fourth-order valence-corrected chi connectivity index (χ4v) is 4.90. The van der Waals surface area contributed by atoms with Gasteiger partial charge >= 0.3 is 0 Å². The van der Waals surface area contributed by atoms with Gasteiger partial charge in [0.15, 0.2) is 11.4 Å². The number of hydrogen-bond donors (Lipinski definition) is 6. The third kappa shape index (κ3) is 92.0. The normalized spacial score (nSPS) is 8.04. The van der Waals surface area contributed by atoms with E-state index in [9.17, 15) is 28.8 Å². The van der Waals surface area contributed by atoms with E-state index >= 15 is 0 Å². The van der Waals surface area contributed by atoms with Gasteiger partial charge in [-0.05, 0) is 117 Å². The number of carbonyl (C=O) groups excluding carboxylic acids is 6. The molecule has 0 bridgehead atoms. The van der Waals surface area contributed by atoms with Crippen molar-refractivity contribution in [2.24, 2.45) is 0 Å². The van der Waals surface area contributed by atoms with Crippen LogP contribution >= 0.6 is 0 Å². The van der Waals surface area contributed by atoms with E-state index in [0.717, 1.165) is 117 Å². The number of rotatable bonds is 10. The van der Waals surface area contributed by atoms with Gasteiger partial charge in [-0.25, -0.2) is 0 Å². The average molecular weight is 1890 g/mol. The number of benzene rings is 4. The molecule has 4 aromatic rings. The van der Waals surface area contributed by atoms with Gasteiger partial charge in [0, 0.05) is 258 Å². The van der Waals surface area contributed by atoms with Crippen LogP contribution in [0.3, 0.4) is 0 Å². The summed E-state index contributed by atoms with van der Waals surface area (Å²) < 4.78 is 0. The van der Waals surface area contributed by atoms with Crippen LogP contribution in [0.25, 0.3) is 11.1 Å². The molecule has 0 spiro atoms. The molecular formula is C56H78Mo6N12O25-36. The van der Waals surface area contributed by atoms with Crippen molar-refractivity contribution in [3.05, 3.63) is 179 Å². The van der Waals surface area contributed by atoms with Crippen LogP contribution in [0.5, 0.6) is 0 Å². The van der Waals surface area contributed by atoms with Crippen LogP contribution in [0.2, 0.25) is 0 Å². The van der Waals surface area contributed by atoms with Gasteiger partial charge in [0.1, 0.15) is 0 Å². The number of nitrogens with zero attached hydrogens (tertiary/aromatic N) is 6. The Labute approximate surface area is 664 Å². The maximum atomic E-state index is 9.43. The summed E-state index contributed by atoms with van der Waals surface area (Å²) in [6.07, 6.45) is 20.2. The molecule has 0 saturated heterocycles. The molecule has 2 aliphatic carbocycles. The first kappa shape index (κ1) is 181. The predicted molar refractivity (Wildman–Crippen MR) is 317 cm³/mol. The topological polar surface area (TPSA) is 819 Å². The zero-order valence-electron chi connectivity index (χ0n) is 55.1. The Morgan fingerprint density at radius 2 is 0.343 bits per heavy atom. The van der Waals surface area contributed by atoms with Gasteiger partial charge in [-0.2, -0.15) is 0 Å². The first-order valence-corrected chi connectivity index (χ1v) is 22.5. The molecule has 4 aromatic carbocycles. The summed E-state index contributed by atoms with van der Waals surface area (Å²) in [5.41, 5.74) is 36.5. The summed E-state index contributed by atoms with van der Waals surface area (Å²) in [7, 11) is 20.2. The quantitative estimate of drug-likeness (QED) is 0.0696. The van der Waals surface area contributed by atoms with E-state index in [1.54, 1.807) is 84.6 Å². The van der Waals surface area contributed by atoms with Crippen LogP contribution < -0.4 is 33.8 Å². The van der Waals surface area contributed by atoms with Crippen LogP contribution in [0, 0.1) is 0 Å². The Bertz CT molecular complexity index is 2240. The first-order valence-electron chi connectivity index (χ1n) is 22.5. The van der Waals surface area contributed by atoms with Crippen LogP contribution in [0.1, 0.15) is 22.3 Å². The maximum Gasteiger partial charge on any atom is 0.209 e. The van der Waals surface area contributed by atoms with E-state index in [1.165, 1.54) is 29.4 Å². The Hall–Kier alpha value is -5.95. The van der Waals surface area contributed by atoms with Gasteiger partial charge in [0.2, 0.25) is 38.5 Å². The number of nitrogens with two attached hydrogens (primary N) is 6. The van der Waals surface area contributed by atoms with Crippen molar-refractivity contribution in [2.45, 2.75) is 0 Å². The SMILES string of the molecule is CN(C)C=O.CN(C)C=O.CN(C)C=O.CN(C)C=O.CN(C)C=O.CN(C)C=O.Nc1ccc(C(=C2C=CC(=[NH2+])C=C2)c2ccc(N)cc2)cc1.Nc1ccc(C(=C2C=CC(=[NH2+])C=C2)c2ccc(N)cc2)cc1.[Mo].[Mo].[Mo].[Mo].[Mo].[Mo].[O-2].[O-2].[O-2].[O-2].[O-2].[O-2].[O-2].[O-2].[O-2].[O-2].[O-2].[O-2].[O-2].[O-2].[O-2].[O-2].[O-2].[O-2].[O-2]. The second kappa shape index (κ2) is 108. The summed E-state index contributed by atoms with van der Waals surface area (Å²) in [6, 6.07) is 31.5. The molecule has 43 heteroatoms. The molecule has 37 nitrogen and oxygen atoms in total.